The Bertz CT molecular complexity index is 685. The first-order chi connectivity index (χ1) is 9.94. The number of hydrogen-bond acceptors (Lipinski definition) is 4. The van der Waals surface area contributed by atoms with E-state index in [4.69, 9.17) is 0 Å². The highest BCUT2D eigenvalue weighted by atomic mass is 32.2. The molecule has 0 bridgehead atoms. The summed E-state index contributed by atoms with van der Waals surface area (Å²) in [7, 11) is -1.13. The molecule has 2 saturated heterocycles. The lowest BCUT2D eigenvalue weighted by Gasteiger charge is -2.17. The van der Waals surface area contributed by atoms with Crippen LogP contribution in [0.4, 0.5) is 0 Å². The molecule has 0 aromatic heterocycles. The van der Waals surface area contributed by atoms with Gasteiger partial charge in [0.2, 0.25) is 0 Å². The first kappa shape index (κ1) is 14.6. The van der Waals surface area contributed by atoms with Gasteiger partial charge in [-0.25, -0.2) is 8.42 Å². The number of fused-ring (bicyclic) bond motifs is 1. The third-order valence-corrected chi connectivity index (χ3v) is 7.05. The highest BCUT2D eigenvalue weighted by Gasteiger charge is 2.47. The van der Waals surface area contributed by atoms with Crippen molar-refractivity contribution in [2.75, 3.05) is 18.6 Å². The molecule has 0 aliphatic carbocycles. The van der Waals surface area contributed by atoms with Crippen LogP contribution in [0.15, 0.2) is 35.3 Å². The number of carbonyl (C=O) groups excluding carboxylic acids is 1. The molecule has 2 fully saturated rings. The zero-order chi connectivity index (χ0) is 15.0. The average Bonchev–Trinajstić information content (AvgIpc) is 2.85. The fraction of sp³-hybridized carbons (Fsp3) is 0.429. The first-order valence-corrected chi connectivity index (χ1v) is 9.40. The van der Waals surface area contributed by atoms with E-state index in [1.54, 1.807) is 0 Å². The highest BCUT2D eigenvalue weighted by molar-refractivity contribution is 8.15. The molecule has 5 nitrogen and oxygen atoms in total. The lowest BCUT2D eigenvalue weighted by Crippen LogP contribution is -2.34. The van der Waals surface area contributed by atoms with Crippen LogP contribution in [0.3, 0.4) is 0 Å². The fourth-order valence-electron chi connectivity index (χ4n) is 2.65. The van der Waals surface area contributed by atoms with Crippen LogP contribution in [0.5, 0.6) is 0 Å². The Morgan fingerprint density at radius 1 is 1.33 bits per heavy atom. The molecule has 0 spiro atoms. The number of aliphatic imine (C=N–C) groups is 1. The maximum absolute atomic E-state index is 12.0. The van der Waals surface area contributed by atoms with Gasteiger partial charge in [-0.3, -0.25) is 4.79 Å². The number of thioether (sulfide) groups is 1. The number of hydrogen-bond donors (Lipinski definition) is 0. The molecule has 3 rings (SSSR count). The summed E-state index contributed by atoms with van der Waals surface area (Å²) in [6, 6.07) is 9.42. The van der Waals surface area contributed by atoms with Crippen LogP contribution in [0, 0.1) is 0 Å². The molecule has 1 amide bonds. The van der Waals surface area contributed by atoms with Crippen LogP contribution >= 0.6 is 11.8 Å². The first-order valence-electron chi connectivity index (χ1n) is 6.70. The monoisotopic (exact) mass is 324 g/mol. The molecule has 0 N–H and O–H groups in total. The molecule has 1 aromatic rings. The summed E-state index contributed by atoms with van der Waals surface area (Å²) in [5.41, 5.74) is 0.931. The van der Waals surface area contributed by atoms with Crippen molar-refractivity contribution in [2.24, 2.45) is 4.99 Å². The van der Waals surface area contributed by atoms with Crippen LogP contribution in [0.2, 0.25) is 0 Å². The topological polar surface area (TPSA) is 66.8 Å². The summed E-state index contributed by atoms with van der Waals surface area (Å²) in [6.07, 6.45) is 0.270. The minimum absolute atomic E-state index is 0.00303. The highest BCUT2D eigenvalue weighted by Crippen LogP contribution is 2.36. The summed E-state index contributed by atoms with van der Waals surface area (Å²) in [5.74, 6) is 0.143. The van der Waals surface area contributed by atoms with Crippen molar-refractivity contribution in [3.05, 3.63) is 35.9 Å². The molecular weight excluding hydrogens is 308 g/mol. The molecule has 2 aliphatic rings. The summed E-state index contributed by atoms with van der Waals surface area (Å²) >= 11 is 1.41. The van der Waals surface area contributed by atoms with Gasteiger partial charge in [0.25, 0.3) is 5.91 Å². The minimum atomic E-state index is -2.94. The second-order valence-corrected chi connectivity index (χ2v) is 8.72. The molecule has 112 valence electrons. The quantitative estimate of drug-likeness (QED) is 0.810. The van der Waals surface area contributed by atoms with E-state index in [1.807, 2.05) is 42.3 Å². The van der Waals surface area contributed by atoms with Gasteiger partial charge in [0, 0.05) is 12.3 Å². The Kier molecular flexibility index (Phi) is 3.79. The number of carbonyl (C=O) groups is 1. The van der Waals surface area contributed by atoms with E-state index < -0.39 is 9.84 Å². The van der Waals surface area contributed by atoms with Crippen molar-refractivity contribution in [1.82, 2.24) is 4.90 Å². The van der Waals surface area contributed by atoms with Crippen LogP contribution < -0.4 is 0 Å². The van der Waals surface area contributed by atoms with Gasteiger partial charge in [0.1, 0.15) is 0 Å². The second-order valence-electron chi connectivity index (χ2n) is 5.36. The number of nitrogens with zero attached hydrogens (tertiary/aromatic N) is 2. The Morgan fingerprint density at radius 2 is 2.05 bits per heavy atom. The molecule has 2 atom stereocenters. The maximum atomic E-state index is 12.0. The number of rotatable bonds is 2. The molecule has 2 unspecified atom stereocenters. The van der Waals surface area contributed by atoms with Gasteiger partial charge < -0.3 is 4.90 Å². The Labute approximate surface area is 128 Å². The van der Waals surface area contributed by atoms with Crippen LogP contribution in [-0.4, -0.2) is 54.2 Å². The standard InChI is InChI=1S/C14H16N2O3S2/c1-16-11-8-21(18,19)9-12(11)20-14(16)15-13(17)7-10-5-3-2-4-6-10/h2-6,11-12H,7-9H2,1H3. The van der Waals surface area contributed by atoms with Crippen LogP contribution in [-0.2, 0) is 21.1 Å². The Hall–Kier alpha value is -1.34. The maximum Gasteiger partial charge on any atom is 0.252 e. The van der Waals surface area contributed by atoms with Gasteiger partial charge in [0.15, 0.2) is 15.0 Å². The summed E-state index contributed by atoms with van der Waals surface area (Å²) < 4.78 is 23.2. The van der Waals surface area contributed by atoms with Crippen molar-refractivity contribution in [3.63, 3.8) is 0 Å². The third-order valence-electron chi connectivity index (χ3n) is 3.75. The summed E-state index contributed by atoms with van der Waals surface area (Å²) in [4.78, 5) is 18.0. The molecule has 0 saturated carbocycles. The fourth-order valence-corrected chi connectivity index (χ4v) is 6.67. The zero-order valence-corrected chi connectivity index (χ0v) is 13.2. The number of amides is 1. The van der Waals surface area contributed by atoms with Gasteiger partial charge in [-0.1, -0.05) is 42.1 Å². The third kappa shape index (κ3) is 3.13. The molecule has 0 radical (unpaired) electrons. The lowest BCUT2D eigenvalue weighted by atomic mass is 10.1. The van der Waals surface area contributed by atoms with E-state index in [0.717, 1.165) is 5.56 Å². The number of sulfone groups is 1. The van der Waals surface area contributed by atoms with E-state index in [-0.39, 0.29) is 35.1 Å². The molecule has 2 aliphatic heterocycles. The summed E-state index contributed by atoms with van der Waals surface area (Å²) in [6.45, 7) is 0. The average molecular weight is 324 g/mol. The van der Waals surface area contributed by atoms with Gasteiger partial charge in [-0.2, -0.15) is 4.99 Å². The second kappa shape index (κ2) is 5.46. The SMILES string of the molecule is CN1C(=NC(=O)Cc2ccccc2)SC2CS(=O)(=O)CC21. The zero-order valence-electron chi connectivity index (χ0n) is 11.6. The van der Waals surface area contributed by atoms with Crippen molar-refractivity contribution in [1.29, 1.82) is 0 Å². The van der Waals surface area contributed by atoms with E-state index in [2.05, 4.69) is 4.99 Å². The van der Waals surface area contributed by atoms with Crippen LogP contribution in [0.1, 0.15) is 5.56 Å². The van der Waals surface area contributed by atoms with Crippen LogP contribution in [0.25, 0.3) is 0 Å². The smallest absolute Gasteiger partial charge is 0.252 e. The van der Waals surface area contributed by atoms with Crippen molar-refractivity contribution in [2.45, 2.75) is 17.7 Å². The minimum Gasteiger partial charge on any atom is -0.349 e. The Balaban J connectivity index is 1.70. The van der Waals surface area contributed by atoms with Gasteiger partial charge in [0.05, 0.1) is 24.0 Å². The van der Waals surface area contributed by atoms with E-state index in [0.29, 0.717) is 5.17 Å². The predicted octanol–water partition coefficient (Wildman–Crippen LogP) is 0.956. The molecule has 7 heteroatoms. The van der Waals surface area contributed by atoms with Crippen molar-refractivity contribution < 1.29 is 13.2 Å². The van der Waals surface area contributed by atoms with E-state index >= 15 is 0 Å². The largest absolute Gasteiger partial charge is 0.349 e. The molecule has 2 heterocycles. The summed E-state index contributed by atoms with van der Waals surface area (Å²) in [5, 5.41) is 0.643. The molecular formula is C14H16N2O3S2. The van der Waals surface area contributed by atoms with Crippen molar-refractivity contribution in [3.8, 4) is 0 Å². The van der Waals surface area contributed by atoms with E-state index in [9.17, 15) is 13.2 Å². The predicted molar refractivity (Wildman–Crippen MR) is 84.2 cm³/mol. The van der Waals surface area contributed by atoms with Gasteiger partial charge in [-0.05, 0) is 5.56 Å². The Morgan fingerprint density at radius 3 is 2.71 bits per heavy atom. The number of benzene rings is 1. The molecule has 21 heavy (non-hydrogen) atoms. The molecule has 1 aromatic carbocycles. The van der Waals surface area contributed by atoms with Gasteiger partial charge >= 0.3 is 0 Å². The van der Waals surface area contributed by atoms with Crippen molar-refractivity contribution >= 4 is 32.7 Å². The number of amidine groups is 1. The van der Waals surface area contributed by atoms with E-state index in [1.165, 1.54) is 11.8 Å². The van der Waals surface area contributed by atoms with Gasteiger partial charge in [-0.15, -0.1) is 0 Å². The normalized spacial score (nSPS) is 28.8. The lowest BCUT2D eigenvalue weighted by molar-refractivity contribution is -0.117.